The summed E-state index contributed by atoms with van der Waals surface area (Å²) in [7, 11) is 0. The summed E-state index contributed by atoms with van der Waals surface area (Å²) in [6, 6.07) is 17.0. The molecule has 6 bridgehead atoms. The minimum Gasteiger partial charge on any atom is -0.464 e. The number of benzene rings is 3. The molecule has 63 heavy (non-hydrogen) atoms. The predicted molar refractivity (Wildman–Crippen MR) is 220 cm³/mol. The van der Waals surface area contributed by atoms with E-state index in [1.165, 1.54) is 20.8 Å². The van der Waals surface area contributed by atoms with Crippen LogP contribution in [0, 0.1) is 51.2 Å². The van der Waals surface area contributed by atoms with Crippen LogP contribution in [0.25, 0.3) is 21.5 Å². The van der Waals surface area contributed by atoms with Crippen molar-refractivity contribution in [3.8, 4) is 5.75 Å². The molecular weight excluding hydrogens is 831 g/mol. The number of esters is 4. The van der Waals surface area contributed by atoms with Crippen LogP contribution in [0.4, 0.5) is 26.3 Å². The highest BCUT2D eigenvalue weighted by atomic mass is 19.4. The van der Waals surface area contributed by atoms with Crippen LogP contribution in [-0.4, -0.2) is 54.5 Å². The SMILES string of the molecule is CC(C)(CC(C)(CC(C)(C)C(=O)Oc1ccc2cc3ccccc3cc2c1)C(=O)OC12CC3CC(C1)CC(C(=O)OC1CC4CCC1C4)(C3)C2)C(=O)OCC(C(F)(F)F)C(F)(F)F. The van der Waals surface area contributed by atoms with Gasteiger partial charge in [-0.2, -0.15) is 26.3 Å². The molecule has 6 fully saturated rings. The molecule has 8 nitrogen and oxygen atoms in total. The van der Waals surface area contributed by atoms with E-state index >= 15 is 0 Å². The number of alkyl halides is 6. The molecule has 0 heterocycles. The summed E-state index contributed by atoms with van der Waals surface area (Å²) in [6.45, 7) is 5.14. The molecule has 0 saturated heterocycles. The molecule has 0 radical (unpaired) electrons. The van der Waals surface area contributed by atoms with E-state index in [0.29, 0.717) is 37.5 Å². The molecule has 14 heteroatoms. The van der Waals surface area contributed by atoms with E-state index in [1.54, 1.807) is 26.0 Å². The van der Waals surface area contributed by atoms with Crippen molar-refractivity contribution in [2.75, 3.05) is 6.61 Å². The Hall–Kier alpha value is -4.36. The van der Waals surface area contributed by atoms with Crippen LogP contribution in [0.15, 0.2) is 54.6 Å². The average molecular weight is 887 g/mol. The predicted octanol–water partition coefficient (Wildman–Crippen LogP) is 11.6. The zero-order valence-corrected chi connectivity index (χ0v) is 36.4. The van der Waals surface area contributed by atoms with E-state index in [4.69, 9.17) is 18.9 Å². The van der Waals surface area contributed by atoms with Gasteiger partial charge in [0.25, 0.3) is 0 Å². The number of hydrogen-bond acceptors (Lipinski definition) is 8. The van der Waals surface area contributed by atoms with Crippen molar-refractivity contribution in [2.24, 2.45) is 51.2 Å². The van der Waals surface area contributed by atoms with Crippen molar-refractivity contribution in [1.82, 2.24) is 0 Å². The summed E-state index contributed by atoms with van der Waals surface area (Å²) in [4.78, 5) is 56.8. The molecule has 3 aromatic carbocycles. The average Bonchev–Trinajstić information content (AvgIpc) is 3.78. The van der Waals surface area contributed by atoms with Crippen LogP contribution in [0.1, 0.15) is 112 Å². The fourth-order valence-corrected chi connectivity index (χ4v) is 12.7. The van der Waals surface area contributed by atoms with Gasteiger partial charge in [0.2, 0.25) is 0 Å². The first-order valence-electron chi connectivity index (χ1n) is 22.2. The second-order valence-corrected chi connectivity index (χ2v) is 21.4. The van der Waals surface area contributed by atoms with Gasteiger partial charge in [0.1, 0.15) is 24.1 Å². The van der Waals surface area contributed by atoms with Crippen LogP contribution in [-0.2, 0) is 33.4 Å². The number of ether oxygens (including phenoxy) is 4. The molecule has 6 saturated carbocycles. The summed E-state index contributed by atoms with van der Waals surface area (Å²) < 4.78 is 104. The largest absolute Gasteiger partial charge is 0.464 e. The first kappa shape index (κ1) is 45.2. The normalized spacial score (nSPS) is 28.9. The maximum Gasteiger partial charge on any atom is 0.403 e. The Balaban J connectivity index is 1.05. The molecule has 342 valence electrons. The Morgan fingerprint density at radius 1 is 0.667 bits per heavy atom. The van der Waals surface area contributed by atoms with Crippen molar-refractivity contribution >= 4 is 45.4 Å². The Kier molecular flexibility index (Phi) is 11.2. The maximum atomic E-state index is 15.0. The summed E-state index contributed by atoms with van der Waals surface area (Å²) in [6.07, 6.45) is -4.86. The third-order valence-corrected chi connectivity index (χ3v) is 15.0. The molecule has 0 aliphatic heterocycles. The van der Waals surface area contributed by atoms with Crippen molar-refractivity contribution in [3.63, 3.8) is 0 Å². The van der Waals surface area contributed by atoms with Crippen molar-refractivity contribution in [2.45, 2.75) is 136 Å². The molecule has 0 spiro atoms. The van der Waals surface area contributed by atoms with Gasteiger partial charge >= 0.3 is 36.2 Å². The molecule has 0 aromatic heterocycles. The van der Waals surface area contributed by atoms with E-state index in [0.717, 1.165) is 53.6 Å². The lowest BCUT2D eigenvalue weighted by Gasteiger charge is -2.60. The second kappa shape index (κ2) is 15.7. The van der Waals surface area contributed by atoms with Gasteiger partial charge in [-0.3, -0.25) is 19.2 Å². The Bertz CT molecular complexity index is 2270. The van der Waals surface area contributed by atoms with Crippen LogP contribution in [0.5, 0.6) is 5.75 Å². The molecule has 6 atom stereocenters. The summed E-state index contributed by atoms with van der Waals surface area (Å²) in [5.74, 6) is -5.73. The van der Waals surface area contributed by atoms with Gasteiger partial charge < -0.3 is 18.9 Å². The molecule has 0 N–H and O–H groups in total. The standard InChI is InChI=1S/C49H56F6O8/c1-43(2,39(56)60-24-38(48(50,51)52)49(53,54)55)25-45(5,26-44(3,4)40(57)61-36-13-12-33-17-31-8-6-7-9-32(31)18-35(33)19-36)41(58)63-47-22-29-14-30(23-47)21-46(20-29,27-47)42(59)62-37-16-28-10-11-34(37)15-28/h6-9,12-13,17-19,28-30,34,37-38H,10-11,14-16,20-27H2,1-5H3. The van der Waals surface area contributed by atoms with Crippen molar-refractivity contribution in [3.05, 3.63) is 54.6 Å². The Morgan fingerprint density at radius 3 is 1.83 bits per heavy atom. The highest BCUT2D eigenvalue weighted by Gasteiger charge is 2.65. The molecular formula is C49H56F6O8. The zero-order valence-electron chi connectivity index (χ0n) is 36.4. The van der Waals surface area contributed by atoms with Gasteiger partial charge in [-0.25, -0.2) is 0 Å². The number of hydrogen-bond donors (Lipinski definition) is 0. The number of fused-ring (bicyclic) bond motifs is 4. The number of rotatable bonds is 13. The lowest BCUT2D eigenvalue weighted by molar-refractivity contribution is -0.293. The van der Waals surface area contributed by atoms with Crippen LogP contribution >= 0.6 is 0 Å². The molecule has 6 aliphatic carbocycles. The van der Waals surface area contributed by atoms with Crippen molar-refractivity contribution < 1.29 is 64.5 Å². The van der Waals surface area contributed by atoms with E-state index in [1.807, 2.05) is 42.5 Å². The lowest BCUT2D eigenvalue weighted by atomic mass is 9.47. The van der Waals surface area contributed by atoms with Gasteiger partial charge in [-0.05, 0) is 175 Å². The molecule has 6 unspecified atom stereocenters. The first-order chi connectivity index (χ1) is 29.3. The summed E-state index contributed by atoms with van der Waals surface area (Å²) in [5, 5.41) is 3.75. The topological polar surface area (TPSA) is 105 Å². The number of carbonyl (C=O) groups is 4. The minimum absolute atomic E-state index is 0.0888. The van der Waals surface area contributed by atoms with Crippen LogP contribution < -0.4 is 4.74 Å². The minimum atomic E-state index is -5.73. The van der Waals surface area contributed by atoms with Crippen LogP contribution in [0.2, 0.25) is 0 Å². The second-order valence-electron chi connectivity index (χ2n) is 21.4. The zero-order chi connectivity index (χ0) is 45.5. The monoisotopic (exact) mass is 886 g/mol. The maximum absolute atomic E-state index is 15.0. The van der Waals surface area contributed by atoms with Crippen molar-refractivity contribution in [1.29, 1.82) is 0 Å². The van der Waals surface area contributed by atoms with E-state index in [-0.39, 0.29) is 42.5 Å². The molecule has 3 aromatic rings. The van der Waals surface area contributed by atoms with E-state index < -0.39 is 76.5 Å². The van der Waals surface area contributed by atoms with E-state index in [2.05, 4.69) is 0 Å². The van der Waals surface area contributed by atoms with Gasteiger partial charge in [0, 0.05) is 6.42 Å². The van der Waals surface area contributed by atoms with Gasteiger partial charge in [0.15, 0.2) is 5.92 Å². The lowest BCUT2D eigenvalue weighted by Crippen LogP contribution is -2.61. The van der Waals surface area contributed by atoms with Gasteiger partial charge in [-0.1, -0.05) is 30.3 Å². The third-order valence-electron chi connectivity index (χ3n) is 15.0. The molecule has 6 aliphatic rings. The smallest absolute Gasteiger partial charge is 0.403 e. The molecule has 9 rings (SSSR count). The Morgan fingerprint density at radius 2 is 1.25 bits per heavy atom. The fraction of sp³-hybridized carbons (Fsp3) is 0.633. The number of halogens is 6. The highest BCUT2D eigenvalue weighted by Crippen LogP contribution is 2.64. The Labute approximate surface area is 363 Å². The van der Waals surface area contributed by atoms with E-state index in [9.17, 15) is 45.5 Å². The quantitative estimate of drug-likeness (QED) is 0.0549. The van der Waals surface area contributed by atoms with Gasteiger partial charge in [-0.15, -0.1) is 0 Å². The summed E-state index contributed by atoms with van der Waals surface area (Å²) >= 11 is 0. The third kappa shape index (κ3) is 9.02. The molecule has 0 amide bonds. The first-order valence-corrected chi connectivity index (χ1v) is 22.2. The number of carbonyl (C=O) groups excluding carboxylic acids is 4. The fourth-order valence-electron chi connectivity index (χ4n) is 12.7. The van der Waals surface area contributed by atoms with Gasteiger partial charge in [0.05, 0.1) is 21.7 Å². The highest BCUT2D eigenvalue weighted by molar-refractivity contribution is 5.99. The van der Waals surface area contributed by atoms with Crippen LogP contribution in [0.3, 0.4) is 0 Å². The summed E-state index contributed by atoms with van der Waals surface area (Å²) in [5.41, 5.74) is -6.96.